The fourth-order valence-electron chi connectivity index (χ4n) is 3.38. The zero-order valence-electron chi connectivity index (χ0n) is 16.1. The largest absolute Gasteiger partial charge is 0.507 e. The summed E-state index contributed by atoms with van der Waals surface area (Å²) in [4.78, 5) is 9.37. The maximum Gasteiger partial charge on any atom is 0.199 e. The molecule has 3 aromatic rings. The third kappa shape index (κ3) is 4.14. The van der Waals surface area contributed by atoms with Crippen molar-refractivity contribution in [3.63, 3.8) is 0 Å². The number of para-hydroxylation sites is 3. The van der Waals surface area contributed by atoms with E-state index in [2.05, 4.69) is 4.99 Å². The van der Waals surface area contributed by atoms with Crippen molar-refractivity contribution >= 4 is 12.4 Å². The van der Waals surface area contributed by atoms with Gasteiger partial charge in [-0.1, -0.05) is 42.5 Å². The van der Waals surface area contributed by atoms with Gasteiger partial charge in [0.25, 0.3) is 0 Å². The first-order valence-electron chi connectivity index (χ1n) is 9.46. The van der Waals surface area contributed by atoms with E-state index in [1.807, 2.05) is 49.4 Å². The molecule has 0 fully saturated rings. The molecule has 0 aromatic heterocycles. The monoisotopic (exact) mass is 386 g/mol. The number of phenols is 2. The van der Waals surface area contributed by atoms with Crippen LogP contribution in [-0.4, -0.2) is 28.4 Å². The van der Waals surface area contributed by atoms with Crippen LogP contribution in [0.25, 0.3) is 0 Å². The van der Waals surface area contributed by atoms with Gasteiger partial charge in [-0.25, -0.2) is 4.99 Å². The van der Waals surface area contributed by atoms with Crippen molar-refractivity contribution in [1.82, 2.24) is 0 Å². The van der Waals surface area contributed by atoms with Crippen molar-refractivity contribution in [3.05, 3.63) is 89.5 Å². The Balaban J connectivity index is 1.65. The first-order chi connectivity index (χ1) is 14.0. The van der Waals surface area contributed by atoms with Crippen LogP contribution in [-0.2, 0) is 0 Å². The number of hydrogen-bond acceptors (Lipinski definition) is 5. The van der Waals surface area contributed by atoms with E-state index in [0.29, 0.717) is 17.5 Å². The molecule has 0 aliphatic carbocycles. The Morgan fingerprint density at radius 3 is 2.14 bits per heavy atom. The lowest BCUT2D eigenvalue weighted by Crippen LogP contribution is -2.36. The standard InChI is InChI=1S/C24H22N2O3/c1-24(26-16-18-9-3-6-12-22(18)28)14-20(19-10-4-7-13-23(19)29-24)25-15-17-8-2-5-11-21(17)27/h2-13,15-16,20,27-28H,14H2,1H3. The Kier molecular flexibility index (Phi) is 5.04. The molecular formula is C24H22N2O3. The van der Waals surface area contributed by atoms with E-state index >= 15 is 0 Å². The number of phenolic OH excluding ortho intramolecular Hbond substituents is 2. The van der Waals surface area contributed by atoms with Crippen molar-refractivity contribution < 1.29 is 14.9 Å². The zero-order chi connectivity index (χ0) is 20.3. The van der Waals surface area contributed by atoms with Gasteiger partial charge in [0.1, 0.15) is 17.2 Å². The SMILES string of the molecule is CC1(N=Cc2ccccc2O)CC(N=Cc2ccccc2O)c2ccccc2O1. The molecule has 1 heterocycles. The Bertz CT molecular complexity index is 1080. The molecule has 0 saturated heterocycles. The van der Waals surface area contributed by atoms with Crippen molar-refractivity contribution in [2.24, 2.45) is 9.98 Å². The van der Waals surface area contributed by atoms with Crippen LogP contribution in [0.15, 0.2) is 82.8 Å². The summed E-state index contributed by atoms with van der Waals surface area (Å²) in [5.41, 5.74) is 1.44. The van der Waals surface area contributed by atoms with E-state index in [-0.39, 0.29) is 17.5 Å². The van der Waals surface area contributed by atoms with Gasteiger partial charge in [-0.05, 0) is 37.3 Å². The van der Waals surface area contributed by atoms with Gasteiger partial charge in [-0.2, -0.15) is 0 Å². The van der Waals surface area contributed by atoms with Crippen molar-refractivity contribution in [2.75, 3.05) is 0 Å². The lowest BCUT2D eigenvalue weighted by Gasteiger charge is -2.35. The van der Waals surface area contributed by atoms with Crippen LogP contribution in [0, 0.1) is 0 Å². The normalized spacial score (nSPS) is 21.2. The van der Waals surface area contributed by atoms with Crippen LogP contribution in [0.5, 0.6) is 17.2 Å². The summed E-state index contributed by atoms with van der Waals surface area (Å²) in [5, 5.41) is 20.0. The number of nitrogens with zero attached hydrogens (tertiary/aromatic N) is 2. The minimum Gasteiger partial charge on any atom is -0.507 e. The van der Waals surface area contributed by atoms with Gasteiger partial charge >= 0.3 is 0 Å². The van der Waals surface area contributed by atoms with E-state index < -0.39 is 5.72 Å². The van der Waals surface area contributed by atoms with Crippen LogP contribution >= 0.6 is 0 Å². The minimum atomic E-state index is -0.836. The highest BCUT2D eigenvalue weighted by Gasteiger charge is 2.36. The Hall–Kier alpha value is -3.60. The van der Waals surface area contributed by atoms with Crippen LogP contribution in [0.3, 0.4) is 0 Å². The number of hydrogen-bond donors (Lipinski definition) is 2. The molecule has 0 radical (unpaired) electrons. The number of ether oxygens (including phenoxy) is 1. The number of aliphatic imine (C=N–C) groups is 2. The number of rotatable bonds is 4. The molecule has 2 N–H and O–H groups in total. The summed E-state index contributed by atoms with van der Waals surface area (Å²) >= 11 is 0. The average Bonchev–Trinajstić information content (AvgIpc) is 2.72. The molecule has 29 heavy (non-hydrogen) atoms. The molecule has 1 aliphatic heterocycles. The predicted molar refractivity (Wildman–Crippen MR) is 114 cm³/mol. The third-order valence-electron chi connectivity index (χ3n) is 4.92. The predicted octanol–water partition coefficient (Wildman–Crippen LogP) is 4.88. The number of aromatic hydroxyl groups is 2. The molecule has 3 aromatic carbocycles. The molecule has 5 heteroatoms. The van der Waals surface area contributed by atoms with Crippen LogP contribution in [0.1, 0.15) is 36.1 Å². The second-order valence-corrected chi connectivity index (χ2v) is 7.19. The molecule has 0 amide bonds. The number of fused-ring (bicyclic) bond motifs is 1. The average molecular weight is 386 g/mol. The summed E-state index contributed by atoms with van der Waals surface area (Å²) in [6.07, 6.45) is 3.85. The van der Waals surface area contributed by atoms with Gasteiger partial charge in [-0.3, -0.25) is 4.99 Å². The van der Waals surface area contributed by atoms with Crippen molar-refractivity contribution in [1.29, 1.82) is 0 Å². The number of benzene rings is 3. The first-order valence-corrected chi connectivity index (χ1v) is 9.46. The maximum atomic E-state index is 10.0. The highest BCUT2D eigenvalue weighted by molar-refractivity contribution is 5.84. The van der Waals surface area contributed by atoms with E-state index in [4.69, 9.17) is 9.73 Å². The molecular weight excluding hydrogens is 364 g/mol. The summed E-state index contributed by atoms with van der Waals surface area (Å²) in [6, 6.07) is 21.7. The Morgan fingerprint density at radius 1 is 0.862 bits per heavy atom. The van der Waals surface area contributed by atoms with Crippen LogP contribution < -0.4 is 4.74 Å². The second-order valence-electron chi connectivity index (χ2n) is 7.19. The van der Waals surface area contributed by atoms with Crippen molar-refractivity contribution in [2.45, 2.75) is 25.1 Å². The van der Waals surface area contributed by atoms with E-state index in [0.717, 1.165) is 11.3 Å². The first kappa shape index (κ1) is 18.7. The Labute approximate surface area is 169 Å². The van der Waals surface area contributed by atoms with E-state index in [1.54, 1.807) is 42.8 Å². The molecule has 146 valence electrons. The molecule has 2 atom stereocenters. The highest BCUT2D eigenvalue weighted by atomic mass is 16.5. The molecule has 0 spiro atoms. The van der Waals surface area contributed by atoms with Gasteiger partial charge in [0.05, 0.1) is 6.04 Å². The molecule has 4 rings (SSSR count). The summed E-state index contributed by atoms with van der Waals surface area (Å²) in [7, 11) is 0. The summed E-state index contributed by atoms with van der Waals surface area (Å²) in [6.45, 7) is 1.90. The maximum absolute atomic E-state index is 10.0. The van der Waals surface area contributed by atoms with Gasteiger partial charge in [0.15, 0.2) is 5.72 Å². The van der Waals surface area contributed by atoms with Crippen LogP contribution in [0.4, 0.5) is 0 Å². The zero-order valence-corrected chi connectivity index (χ0v) is 16.1. The fraction of sp³-hybridized carbons (Fsp3) is 0.167. The topological polar surface area (TPSA) is 74.4 Å². The third-order valence-corrected chi connectivity index (χ3v) is 4.92. The smallest absolute Gasteiger partial charge is 0.199 e. The molecule has 2 unspecified atom stereocenters. The van der Waals surface area contributed by atoms with Crippen molar-refractivity contribution in [3.8, 4) is 17.2 Å². The van der Waals surface area contributed by atoms with Gasteiger partial charge in [0.2, 0.25) is 0 Å². The quantitative estimate of drug-likeness (QED) is 0.628. The fourth-order valence-corrected chi connectivity index (χ4v) is 3.38. The van der Waals surface area contributed by atoms with Gasteiger partial charge < -0.3 is 14.9 Å². The molecule has 0 saturated carbocycles. The highest BCUT2D eigenvalue weighted by Crippen LogP contribution is 2.42. The van der Waals surface area contributed by atoms with Crippen LogP contribution in [0.2, 0.25) is 0 Å². The van der Waals surface area contributed by atoms with E-state index in [1.165, 1.54) is 0 Å². The van der Waals surface area contributed by atoms with Gasteiger partial charge in [0, 0.05) is 35.5 Å². The summed E-state index contributed by atoms with van der Waals surface area (Å²) in [5.74, 6) is 1.09. The minimum absolute atomic E-state index is 0.171. The molecule has 0 bridgehead atoms. The second kappa shape index (κ2) is 7.80. The van der Waals surface area contributed by atoms with E-state index in [9.17, 15) is 10.2 Å². The van der Waals surface area contributed by atoms with Gasteiger partial charge in [-0.15, -0.1) is 0 Å². The lowest BCUT2D eigenvalue weighted by atomic mass is 9.94. The molecule has 1 aliphatic rings. The Morgan fingerprint density at radius 2 is 1.45 bits per heavy atom. The molecule has 5 nitrogen and oxygen atoms in total. The lowest BCUT2D eigenvalue weighted by molar-refractivity contribution is 0.0642. The summed E-state index contributed by atoms with van der Waals surface area (Å²) < 4.78 is 6.18.